The summed E-state index contributed by atoms with van der Waals surface area (Å²) in [5.41, 5.74) is 3.35. The Morgan fingerprint density at radius 2 is 1.88 bits per heavy atom. The molecule has 4 aromatic rings. The Labute approximate surface area is 247 Å². The molecule has 42 heavy (non-hydrogen) atoms. The van der Waals surface area contributed by atoms with Gasteiger partial charge in [0.1, 0.15) is 15.6 Å². The van der Waals surface area contributed by atoms with E-state index >= 15 is 0 Å². The van der Waals surface area contributed by atoms with Crippen LogP contribution in [0.3, 0.4) is 0 Å². The second-order valence-electron chi connectivity index (χ2n) is 10.4. The number of benzene rings is 2. The molecule has 2 fully saturated rings. The zero-order chi connectivity index (χ0) is 28.5. The van der Waals surface area contributed by atoms with Crippen LogP contribution >= 0.6 is 11.3 Å². The molecule has 0 spiro atoms. The van der Waals surface area contributed by atoms with Gasteiger partial charge in [-0.1, -0.05) is 65.0 Å². The summed E-state index contributed by atoms with van der Waals surface area (Å²) in [6.07, 6.45) is 1.98. The minimum atomic E-state index is -0.998. The topological polar surface area (TPSA) is 127 Å². The molecule has 1 aliphatic carbocycles. The van der Waals surface area contributed by atoms with Crippen molar-refractivity contribution in [1.29, 1.82) is 0 Å². The van der Waals surface area contributed by atoms with Crippen molar-refractivity contribution in [2.75, 3.05) is 48.4 Å². The highest BCUT2D eigenvalue weighted by molar-refractivity contribution is 7.16. The van der Waals surface area contributed by atoms with Crippen molar-refractivity contribution >= 4 is 39.7 Å². The number of hydrogen-bond donors (Lipinski definition) is 2. The maximum Gasteiger partial charge on any atom is 0.317 e. The number of para-hydroxylation sites is 1. The van der Waals surface area contributed by atoms with E-state index < -0.39 is 6.17 Å². The molecule has 2 aliphatic heterocycles. The molecule has 0 radical (unpaired) electrons. The molecular weight excluding hydrogens is 554 g/mol. The van der Waals surface area contributed by atoms with Crippen LogP contribution in [0.1, 0.15) is 42.3 Å². The molecule has 216 valence electrons. The van der Waals surface area contributed by atoms with Gasteiger partial charge in [0.05, 0.1) is 24.6 Å². The van der Waals surface area contributed by atoms with E-state index in [0.717, 1.165) is 53.5 Å². The summed E-state index contributed by atoms with van der Waals surface area (Å²) in [4.78, 5) is 25.4. The van der Waals surface area contributed by atoms with Crippen molar-refractivity contribution in [3.05, 3.63) is 70.7 Å². The van der Waals surface area contributed by atoms with Crippen LogP contribution in [0.25, 0.3) is 11.6 Å². The molecule has 7 rings (SSSR count). The lowest BCUT2D eigenvalue weighted by Crippen LogP contribution is -2.37. The molecular formula is C30H31N7O4S. The summed E-state index contributed by atoms with van der Waals surface area (Å²) in [5, 5.41) is 16.5. The number of morpholine rings is 1. The Balaban J connectivity index is 1.22. The number of nitrogens with zero attached hydrogens (tertiary/aromatic N) is 5. The monoisotopic (exact) mass is 585 g/mol. The highest BCUT2D eigenvalue weighted by Gasteiger charge is 2.44. The molecule has 11 nitrogen and oxygen atoms in total. The molecule has 2 aromatic carbocycles. The third kappa shape index (κ3) is 4.95. The molecule has 2 N–H and O–H groups in total. The van der Waals surface area contributed by atoms with Crippen LogP contribution in [0.2, 0.25) is 0 Å². The van der Waals surface area contributed by atoms with E-state index in [2.05, 4.69) is 25.7 Å². The predicted octanol–water partition coefficient (Wildman–Crippen LogP) is 4.67. The van der Waals surface area contributed by atoms with E-state index in [9.17, 15) is 4.79 Å². The van der Waals surface area contributed by atoms with Gasteiger partial charge in [-0.3, -0.25) is 4.79 Å². The average molecular weight is 586 g/mol. The average Bonchev–Trinajstić information content (AvgIpc) is 3.63. The van der Waals surface area contributed by atoms with Crippen LogP contribution in [0.4, 0.5) is 16.7 Å². The molecule has 1 amide bonds. The number of benzodiazepines with no additional fused rings is 1. The van der Waals surface area contributed by atoms with E-state index in [-0.39, 0.29) is 23.4 Å². The van der Waals surface area contributed by atoms with Gasteiger partial charge in [0, 0.05) is 30.8 Å². The number of carbonyl (C=O) groups is 1. The lowest BCUT2D eigenvalue weighted by atomic mass is 9.80. The van der Waals surface area contributed by atoms with Crippen molar-refractivity contribution < 1.29 is 18.7 Å². The first kappa shape index (κ1) is 26.7. The number of hydrogen-bond acceptors (Lipinski definition) is 11. The zero-order valence-corrected chi connectivity index (χ0v) is 24.0. The smallest absolute Gasteiger partial charge is 0.317 e. The van der Waals surface area contributed by atoms with Gasteiger partial charge in [0.25, 0.3) is 11.8 Å². The summed E-state index contributed by atoms with van der Waals surface area (Å²) in [7, 11) is 0. The maximum atomic E-state index is 13.3. The fraction of sp³-hybridized carbons (Fsp3) is 0.367. The summed E-state index contributed by atoms with van der Waals surface area (Å²) in [6, 6.07) is 17.5. The van der Waals surface area contributed by atoms with Gasteiger partial charge in [-0.25, -0.2) is 9.98 Å². The van der Waals surface area contributed by atoms with E-state index in [1.165, 1.54) is 0 Å². The standard InChI is InChI=1S/C30H31N7O4S/c1-2-40-30(13-8-14-30)28-33-23(27(42-28)37-15-17-39-18-16-37)26-35-36-29(41-26)34-24-25(38)31-21-12-7-6-11-20(21)22(32-24)19-9-4-3-5-10-19/h3-7,9-12,24H,2,8,13-18H2,1H3,(H,31,38)(H,34,36)/t24-/m1/s1. The number of anilines is 3. The maximum absolute atomic E-state index is 13.3. The van der Waals surface area contributed by atoms with Crippen molar-refractivity contribution in [2.45, 2.75) is 38.0 Å². The van der Waals surface area contributed by atoms with Crippen LogP contribution in [0.5, 0.6) is 0 Å². The zero-order valence-electron chi connectivity index (χ0n) is 23.2. The van der Waals surface area contributed by atoms with Crippen LogP contribution in [-0.2, 0) is 19.9 Å². The number of fused-ring (bicyclic) bond motifs is 1. The number of amides is 1. The van der Waals surface area contributed by atoms with Crippen molar-refractivity contribution in [3.8, 4) is 11.6 Å². The first-order chi connectivity index (χ1) is 20.6. The van der Waals surface area contributed by atoms with E-state index in [0.29, 0.717) is 36.9 Å². The molecule has 12 heteroatoms. The van der Waals surface area contributed by atoms with Gasteiger partial charge in [0.15, 0.2) is 5.69 Å². The van der Waals surface area contributed by atoms with E-state index in [4.69, 9.17) is 23.9 Å². The highest BCUT2D eigenvalue weighted by atomic mass is 32.1. The van der Waals surface area contributed by atoms with Gasteiger partial charge >= 0.3 is 6.01 Å². The van der Waals surface area contributed by atoms with Crippen LogP contribution < -0.4 is 15.5 Å². The van der Waals surface area contributed by atoms with Crippen LogP contribution in [0.15, 0.2) is 64.0 Å². The molecule has 0 bridgehead atoms. The Kier molecular flexibility index (Phi) is 7.18. The second-order valence-corrected chi connectivity index (χ2v) is 11.4. The lowest BCUT2D eigenvalue weighted by Gasteiger charge is -2.39. The number of carbonyl (C=O) groups excluding carboxylic acids is 1. The van der Waals surface area contributed by atoms with Crippen molar-refractivity contribution in [1.82, 2.24) is 15.2 Å². The summed E-state index contributed by atoms with van der Waals surface area (Å²) in [5.74, 6) is -0.0567. The molecule has 3 aliphatic rings. The Morgan fingerprint density at radius 1 is 1.10 bits per heavy atom. The fourth-order valence-electron chi connectivity index (χ4n) is 5.50. The molecule has 1 atom stereocenters. The number of rotatable bonds is 8. The van der Waals surface area contributed by atoms with Gasteiger partial charge in [0.2, 0.25) is 6.17 Å². The summed E-state index contributed by atoms with van der Waals surface area (Å²) in [6.45, 7) is 5.41. The number of aromatic nitrogens is 3. The molecule has 2 aromatic heterocycles. The summed E-state index contributed by atoms with van der Waals surface area (Å²) >= 11 is 1.62. The third-order valence-corrected chi connectivity index (χ3v) is 9.06. The number of ether oxygens (including phenoxy) is 2. The predicted molar refractivity (Wildman–Crippen MR) is 160 cm³/mol. The SMILES string of the molecule is CCOC1(c2nc(-c3nnc(N[C@H]4N=C(c5ccccc5)c5ccccc5NC4=O)o3)c(N3CCOCC3)s2)CCC1. The second kappa shape index (κ2) is 11.3. The quantitative estimate of drug-likeness (QED) is 0.303. The molecule has 0 unspecified atom stereocenters. The van der Waals surface area contributed by atoms with Gasteiger partial charge < -0.3 is 29.4 Å². The van der Waals surface area contributed by atoms with Gasteiger partial charge in [-0.15, -0.1) is 5.10 Å². The normalized spacial score (nSPS) is 19.7. The molecule has 1 saturated heterocycles. The fourth-order valence-corrected chi connectivity index (χ4v) is 6.81. The van der Waals surface area contributed by atoms with E-state index in [1.54, 1.807) is 11.3 Å². The lowest BCUT2D eigenvalue weighted by molar-refractivity contribution is -0.116. The Bertz CT molecular complexity index is 1610. The van der Waals surface area contributed by atoms with Crippen molar-refractivity contribution in [2.24, 2.45) is 4.99 Å². The minimum Gasteiger partial charge on any atom is -0.402 e. The third-order valence-electron chi connectivity index (χ3n) is 7.76. The van der Waals surface area contributed by atoms with Gasteiger partial charge in [-0.2, -0.15) is 0 Å². The summed E-state index contributed by atoms with van der Waals surface area (Å²) < 4.78 is 17.9. The molecule has 4 heterocycles. The van der Waals surface area contributed by atoms with E-state index in [1.807, 2.05) is 61.5 Å². The van der Waals surface area contributed by atoms with Crippen LogP contribution in [-0.4, -0.2) is 65.9 Å². The number of aliphatic imine (C=N–C) groups is 1. The first-order valence-electron chi connectivity index (χ1n) is 14.3. The van der Waals surface area contributed by atoms with Gasteiger partial charge in [-0.05, 0) is 32.3 Å². The first-order valence-corrected chi connectivity index (χ1v) is 15.1. The Morgan fingerprint density at radius 3 is 2.64 bits per heavy atom. The van der Waals surface area contributed by atoms with Crippen molar-refractivity contribution in [3.63, 3.8) is 0 Å². The molecule has 1 saturated carbocycles. The van der Waals surface area contributed by atoms with Crippen LogP contribution in [0, 0.1) is 0 Å². The largest absolute Gasteiger partial charge is 0.402 e. The Hall–Kier alpha value is -4.13. The number of thiazole rings is 1. The highest BCUT2D eigenvalue weighted by Crippen LogP contribution is 2.50. The number of nitrogens with one attached hydrogen (secondary N) is 2. The minimum absolute atomic E-state index is 0.0814.